The number of rotatable bonds is 3. The van der Waals surface area contributed by atoms with Gasteiger partial charge in [0.1, 0.15) is 11.5 Å². The normalized spacial score (nSPS) is 27.8. The number of hydrogen-bond donors (Lipinski definition) is 1. The smallest absolute Gasteiger partial charge is 0.121 e. The molecule has 1 aromatic heterocycles. The maximum Gasteiger partial charge on any atom is 0.121 e. The Labute approximate surface area is 115 Å². The molecule has 1 aliphatic carbocycles. The molecule has 19 heavy (non-hydrogen) atoms. The summed E-state index contributed by atoms with van der Waals surface area (Å²) in [5.41, 5.74) is 0.180. The van der Waals surface area contributed by atoms with E-state index in [0.717, 1.165) is 24.5 Å². The van der Waals surface area contributed by atoms with Crippen molar-refractivity contribution in [2.75, 3.05) is 13.7 Å². The standard InChI is InChI=1S/C16H25NO2/c1-12-5-6-14(19-12)15(17-2)13-7-10-18-16(11-13)8-3-4-9-16/h5-6,13,15,17H,3-4,7-11H2,1-2H3. The summed E-state index contributed by atoms with van der Waals surface area (Å²) in [7, 11) is 2.04. The third kappa shape index (κ3) is 2.59. The molecule has 1 spiro atoms. The summed E-state index contributed by atoms with van der Waals surface area (Å²) in [6, 6.07) is 4.51. The van der Waals surface area contributed by atoms with E-state index >= 15 is 0 Å². The SMILES string of the molecule is CNC(c1ccc(C)o1)C1CCOC2(CCCC2)C1. The number of ether oxygens (including phenoxy) is 1. The number of hydrogen-bond acceptors (Lipinski definition) is 3. The van der Waals surface area contributed by atoms with E-state index < -0.39 is 0 Å². The molecule has 1 aromatic rings. The van der Waals surface area contributed by atoms with Crippen LogP contribution in [0.5, 0.6) is 0 Å². The van der Waals surface area contributed by atoms with Crippen molar-refractivity contribution in [3.63, 3.8) is 0 Å². The Hall–Kier alpha value is -0.800. The lowest BCUT2D eigenvalue weighted by Gasteiger charge is -2.40. The fraction of sp³-hybridized carbons (Fsp3) is 0.750. The lowest BCUT2D eigenvalue weighted by atomic mass is 9.80. The summed E-state index contributed by atoms with van der Waals surface area (Å²) >= 11 is 0. The molecule has 2 atom stereocenters. The molecule has 1 saturated carbocycles. The third-order valence-electron chi connectivity index (χ3n) is 4.90. The molecule has 2 aliphatic rings. The van der Waals surface area contributed by atoms with Crippen LogP contribution in [0.25, 0.3) is 0 Å². The molecule has 1 N–H and O–H groups in total. The van der Waals surface area contributed by atoms with Gasteiger partial charge in [-0.15, -0.1) is 0 Å². The van der Waals surface area contributed by atoms with E-state index in [2.05, 4.69) is 17.4 Å². The first kappa shape index (κ1) is 13.2. The highest BCUT2D eigenvalue weighted by atomic mass is 16.5. The predicted molar refractivity (Wildman–Crippen MR) is 75.1 cm³/mol. The van der Waals surface area contributed by atoms with Crippen LogP contribution in [0, 0.1) is 12.8 Å². The van der Waals surface area contributed by atoms with Crippen LogP contribution in [0.3, 0.4) is 0 Å². The fourth-order valence-electron chi connectivity index (χ4n) is 3.95. The second kappa shape index (κ2) is 5.29. The Bertz CT molecular complexity index is 420. The van der Waals surface area contributed by atoms with Gasteiger partial charge in [0, 0.05) is 6.61 Å². The monoisotopic (exact) mass is 263 g/mol. The zero-order valence-electron chi connectivity index (χ0n) is 12.1. The molecule has 3 rings (SSSR count). The molecule has 2 fully saturated rings. The minimum absolute atomic E-state index is 0.180. The minimum Gasteiger partial charge on any atom is -0.465 e. The van der Waals surface area contributed by atoms with Crippen molar-refractivity contribution in [2.45, 2.75) is 57.1 Å². The van der Waals surface area contributed by atoms with Crippen molar-refractivity contribution in [3.05, 3.63) is 23.7 Å². The zero-order valence-corrected chi connectivity index (χ0v) is 12.1. The predicted octanol–water partition coefficient (Wildman–Crippen LogP) is 3.59. The largest absolute Gasteiger partial charge is 0.465 e. The van der Waals surface area contributed by atoms with Gasteiger partial charge in [-0.25, -0.2) is 0 Å². The van der Waals surface area contributed by atoms with Gasteiger partial charge in [0.2, 0.25) is 0 Å². The Morgan fingerprint density at radius 2 is 2.11 bits per heavy atom. The molecular formula is C16H25NO2. The van der Waals surface area contributed by atoms with Crippen LogP contribution in [-0.4, -0.2) is 19.3 Å². The quantitative estimate of drug-likeness (QED) is 0.905. The molecule has 3 heteroatoms. The van der Waals surface area contributed by atoms with Crippen LogP contribution in [0.15, 0.2) is 16.5 Å². The van der Waals surface area contributed by atoms with Gasteiger partial charge in [0.25, 0.3) is 0 Å². The molecule has 2 heterocycles. The van der Waals surface area contributed by atoms with Gasteiger partial charge < -0.3 is 14.5 Å². The second-order valence-electron chi connectivity index (χ2n) is 6.21. The Morgan fingerprint density at radius 3 is 2.74 bits per heavy atom. The van der Waals surface area contributed by atoms with Crippen molar-refractivity contribution in [1.29, 1.82) is 0 Å². The molecule has 1 saturated heterocycles. The number of nitrogens with one attached hydrogen (secondary N) is 1. The summed E-state index contributed by atoms with van der Waals surface area (Å²) in [6.45, 7) is 2.92. The van der Waals surface area contributed by atoms with E-state index in [0.29, 0.717) is 12.0 Å². The Balaban J connectivity index is 1.76. The first-order valence-corrected chi connectivity index (χ1v) is 7.60. The first-order chi connectivity index (χ1) is 9.22. The fourth-order valence-corrected chi connectivity index (χ4v) is 3.95. The van der Waals surface area contributed by atoms with Gasteiger partial charge in [-0.1, -0.05) is 12.8 Å². The van der Waals surface area contributed by atoms with E-state index in [1.807, 2.05) is 14.0 Å². The van der Waals surface area contributed by atoms with Crippen molar-refractivity contribution in [1.82, 2.24) is 5.32 Å². The van der Waals surface area contributed by atoms with Gasteiger partial charge in [-0.05, 0) is 57.7 Å². The number of aryl methyl sites for hydroxylation is 1. The van der Waals surface area contributed by atoms with Gasteiger partial charge in [0.05, 0.1) is 11.6 Å². The van der Waals surface area contributed by atoms with Gasteiger partial charge >= 0.3 is 0 Å². The maximum absolute atomic E-state index is 6.13. The van der Waals surface area contributed by atoms with Crippen molar-refractivity contribution < 1.29 is 9.15 Å². The van der Waals surface area contributed by atoms with Crippen LogP contribution >= 0.6 is 0 Å². The van der Waals surface area contributed by atoms with Crippen molar-refractivity contribution in [3.8, 4) is 0 Å². The highest BCUT2D eigenvalue weighted by Crippen LogP contribution is 2.45. The van der Waals surface area contributed by atoms with Crippen LogP contribution in [-0.2, 0) is 4.74 Å². The topological polar surface area (TPSA) is 34.4 Å². The van der Waals surface area contributed by atoms with Gasteiger partial charge in [-0.3, -0.25) is 0 Å². The highest BCUT2D eigenvalue weighted by molar-refractivity contribution is 5.11. The van der Waals surface area contributed by atoms with Gasteiger partial charge in [0.15, 0.2) is 0 Å². The summed E-state index contributed by atoms with van der Waals surface area (Å²) in [5.74, 6) is 2.71. The molecule has 106 valence electrons. The van der Waals surface area contributed by atoms with E-state index in [-0.39, 0.29) is 5.60 Å². The first-order valence-electron chi connectivity index (χ1n) is 7.60. The molecule has 0 bridgehead atoms. The summed E-state index contributed by atoms with van der Waals surface area (Å²) < 4.78 is 12.0. The van der Waals surface area contributed by atoms with Crippen LogP contribution in [0.4, 0.5) is 0 Å². The average molecular weight is 263 g/mol. The molecule has 0 radical (unpaired) electrons. The summed E-state index contributed by atoms with van der Waals surface area (Å²) in [6.07, 6.45) is 7.47. The number of furan rings is 1. The van der Waals surface area contributed by atoms with Crippen LogP contribution in [0.1, 0.15) is 56.1 Å². The average Bonchev–Trinajstić information content (AvgIpc) is 3.01. The third-order valence-corrected chi connectivity index (χ3v) is 4.90. The minimum atomic E-state index is 0.180. The van der Waals surface area contributed by atoms with Crippen LogP contribution in [0.2, 0.25) is 0 Å². The lowest BCUT2D eigenvalue weighted by molar-refractivity contribution is -0.0988. The molecule has 2 unspecified atom stereocenters. The van der Waals surface area contributed by atoms with E-state index in [1.165, 1.54) is 32.1 Å². The lowest BCUT2D eigenvalue weighted by Crippen LogP contribution is -2.41. The van der Waals surface area contributed by atoms with E-state index in [4.69, 9.17) is 9.15 Å². The molecule has 0 amide bonds. The second-order valence-corrected chi connectivity index (χ2v) is 6.21. The van der Waals surface area contributed by atoms with E-state index in [1.54, 1.807) is 0 Å². The van der Waals surface area contributed by atoms with Crippen molar-refractivity contribution in [2.24, 2.45) is 5.92 Å². The molecule has 3 nitrogen and oxygen atoms in total. The summed E-state index contributed by atoms with van der Waals surface area (Å²) in [4.78, 5) is 0. The summed E-state index contributed by atoms with van der Waals surface area (Å²) in [5, 5.41) is 3.46. The Morgan fingerprint density at radius 1 is 1.32 bits per heavy atom. The van der Waals surface area contributed by atoms with Gasteiger partial charge in [-0.2, -0.15) is 0 Å². The molecule has 1 aliphatic heterocycles. The zero-order chi connectivity index (χ0) is 13.3. The molecule has 0 aromatic carbocycles. The van der Waals surface area contributed by atoms with E-state index in [9.17, 15) is 0 Å². The highest BCUT2D eigenvalue weighted by Gasteiger charge is 2.42. The van der Waals surface area contributed by atoms with Crippen molar-refractivity contribution >= 4 is 0 Å². The molecular weight excluding hydrogens is 238 g/mol. The maximum atomic E-state index is 6.13. The Kier molecular flexibility index (Phi) is 3.68. The van der Waals surface area contributed by atoms with Crippen LogP contribution < -0.4 is 5.32 Å².